The van der Waals surface area contributed by atoms with E-state index in [0.717, 1.165) is 102 Å². The summed E-state index contributed by atoms with van der Waals surface area (Å²) in [5.41, 5.74) is 12.4. The third-order valence-electron chi connectivity index (χ3n) is 11.3. The summed E-state index contributed by atoms with van der Waals surface area (Å²) in [6, 6.07) is 65.3. The van der Waals surface area contributed by atoms with Crippen LogP contribution in [0.15, 0.2) is 216 Å². The highest BCUT2D eigenvalue weighted by Gasteiger charge is 2.24. The Morgan fingerprint density at radius 1 is 0.431 bits per heavy atom. The Kier molecular flexibility index (Phi) is 8.25. The number of ether oxygens (including phenoxy) is 2. The van der Waals surface area contributed by atoms with Gasteiger partial charge in [0.25, 0.3) is 0 Å². The topological polar surface area (TPSA) is 34.8 Å². The molecule has 276 valence electrons. The normalized spacial score (nSPS) is 14.3. The van der Waals surface area contributed by atoms with Crippen molar-refractivity contribution in [3.8, 4) is 56.4 Å². The minimum atomic E-state index is 0.171. The van der Waals surface area contributed by atoms with Gasteiger partial charge >= 0.3 is 0 Å². The lowest BCUT2D eigenvalue weighted by atomic mass is 9.89. The summed E-state index contributed by atoms with van der Waals surface area (Å²) in [7, 11) is 0. The molecule has 9 aromatic rings. The van der Waals surface area contributed by atoms with Crippen LogP contribution < -0.4 is 14.4 Å². The van der Waals surface area contributed by atoms with Crippen LogP contribution in [0.4, 0.5) is 11.4 Å². The van der Waals surface area contributed by atoms with Crippen LogP contribution in [-0.4, -0.2) is 0 Å². The Bertz CT molecular complexity index is 3010. The second kappa shape index (κ2) is 14.2. The Morgan fingerprint density at radius 2 is 0.983 bits per heavy atom. The first kappa shape index (κ1) is 33.8. The number of hydrogen-bond donors (Lipinski definition) is 0. The molecule has 1 atom stereocenters. The third-order valence-corrected chi connectivity index (χ3v) is 11.3. The number of hydrogen-bond acceptors (Lipinski definition) is 4. The average molecular weight is 748 g/mol. The van der Waals surface area contributed by atoms with Gasteiger partial charge in [-0.2, -0.15) is 0 Å². The summed E-state index contributed by atoms with van der Waals surface area (Å²) in [6.45, 7) is 0. The highest BCUT2D eigenvalue weighted by Crippen LogP contribution is 2.49. The molecule has 1 aliphatic heterocycles. The number of allylic oxidation sites excluding steroid dienone is 3. The molecule has 2 heterocycles. The number of para-hydroxylation sites is 5. The molecule has 1 aliphatic carbocycles. The van der Waals surface area contributed by atoms with Gasteiger partial charge in [-0.3, -0.25) is 0 Å². The van der Waals surface area contributed by atoms with Crippen LogP contribution in [0.3, 0.4) is 0 Å². The van der Waals surface area contributed by atoms with Crippen molar-refractivity contribution in [1.29, 1.82) is 0 Å². The number of fused-ring (bicyclic) bond motifs is 9. The molecule has 1 unspecified atom stereocenters. The Hall–Kier alpha value is -7.56. The first-order valence-corrected chi connectivity index (χ1v) is 19.8. The quantitative estimate of drug-likeness (QED) is 0.176. The molecular weight excluding hydrogens is 711 g/mol. The number of furan rings is 1. The van der Waals surface area contributed by atoms with Gasteiger partial charge in [0.15, 0.2) is 0 Å². The summed E-state index contributed by atoms with van der Waals surface area (Å²) in [5.74, 6) is 3.26. The van der Waals surface area contributed by atoms with E-state index >= 15 is 0 Å². The van der Waals surface area contributed by atoms with Gasteiger partial charge in [0.2, 0.25) is 0 Å². The Labute approximate surface area is 337 Å². The smallest absolute Gasteiger partial charge is 0.136 e. The largest absolute Gasteiger partial charge is 0.456 e. The van der Waals surface area contributed by atoms with Crippen LogP contribution >= 0.6 is 0 Å². The lowest BCUT2D eigenvalue weighted by Gasteiger charge is -2.29. The minimum Gasteiger partial charge on any atom is -0.456 e. The molecule has 4 nitrogen and oxygen atoms in total. The molecule has 4 heteroatoms. The first-order chi connectivity index (χ1) is 28.7. The maximum Gasteiger partial charge on any atom is 0.136 e. The predicted molar refractivity (Wildman–Crippen MR) is 236 cm³/mol. The van der Waals surface area contributed by atoms with Gasteiger partial charge in [0, 0.05) is 56.0 Å². The van der Waals surface area contributed by atoms with Crippen molar-refractivity contribution in [3.63, 3.8) is 0 Å². The molecule has 2 aliphatic rings. The lowest BCUT2D eigenvalue weighted by molar-refractivity contribution is 0.472. The van der Waals surface area contributed by atoms with Gasteiger partial charge in [-0.1, -0.05) is 127 Å². The molecule has 0 radical (unpaired) electrons. The van der Waals surface area contributed by atoms with Crippen LogP contribution in [0, 0.1) is 0 Å². The predicted octanol–water partition coefficient (Wildman–Crippen LogP) is 15.3. The molecule has 1 aromatic heterocycles. The third kappa shape index (κ3) is 6.03. The van der Waals surface area contributed by atoms with E-state index in [0.29, 0.717) is 0 Å². The van der Waals surface area contributed by atoms with E-state index in [9.17, 15) is 0 Å². The lowest BCUT2D eigenvalue weighted by Crippen LogP contribution is -2.17. The van der Waals surface area contributed by atoms with Crippen LogP contribution in [0.5, 0.6) is 23.0 Å². The number of nitrogens with zero attached hydrogens (tertiary/aromatic N) is 1. The summed E-state index contributed by atoms with van der Waals surface area (Å²) in [4.78, 5) is 2.32. The Balaban J connectivity index is 1.00. The maximum atomic E-state index is 7.02. The molecule has 0 N–H and O–H groups in total. The van der Waals surface area contributed by atoms with Crippen LogP contribution in [0.1, 0.15) is 17.9 Å². The van der Waals surface area contributed by atoms with Crippen molar-refractivity contribution in [2.75, 3.05) is 4.90 Å². The number of anilines is 2. The van der Waals surface area contributed by atoms with Crippen molar-refractivity contribution in [3.05, 3.63) is 218 Å². The average Bonchev–Trinajstić information content (AvgIpc) is 3.66. The van der Waals surface area contributed by atoms with Gasteiger partial charge < -0.3 is 18.8 Å². The highest BCUT2D eigenvalue weighted by molar-refractivity contribution is 6.06. The van der Waals surface area contributed by atoms with E-state index in [1.807, 2.05) is 42.5 Å². The van der Waals surface area contributed by atoms with Gasteiger partial charge in [0.1, 0.15) is 34.2 Å². The number of rotatable bonds is 5. The fourth-order valence-corrected chi connectivity index (χ4v) is 8.41. The van der Waals surface area contributed by atoms with E-state index in [-0.39, 0.29) is 5.92 Å². The zero-order chi connectivity index (χ0) is 38.4. The van der Waals surface area contributed by atoms with Crippen LogP contribution in [0.2, 0.25) is 0 Å². The molecule has 0 spiro atoms. The molecule has 0 saturated carbocycles. The molecule has 58 heavy (non-hydrogen) atoms. The van der Waals surface area contributed by atoms with E-state index in [1.165, 1.54) is 5.56 Å². The molecule has 0 saturated heterocycles. The summed E-state index contributed by atoms with van der Waals surface area (Å²) in [6.07, 6.45) is 7.77. The zero-order valence-corrected chi connectivity index (χ0v) is 31.6. The molecule has 8 aromatic carbocycles. The second-order valence-electron chi connectivity index (χ2n) is 14.8. The second-order valence-corrected chi connectivity index (χ2v) is 14.8. The molecule has 0 fully saturated rings. The van der Waals surface area contributed by atoms with Crippen molar-refractivity contribution in [1.82, 2.24) is 0 Å². The van der Waals surface area contributed by atoms with Crippen LogP contribution in [-0.2, 0) is 0 Å². The van der Waals surface area contributed by atoms with Gasteiger partial charge in [-0.25, -0.2) is 0 Å². The first-order valence-electron chi connectivity index (χ1n) is 19.8. The van der Waals surface area contributed by atoms with E-state index in [1.54, 1.807) is 0 Å². The van der Waals surface area contributed by atoms with Gasteiger partial charge in [-0.05, 0) is 102 Å². The van der Waals surface area contributed by atoms with E-state index in [2.05, 4.69) is 169 Å². The molecular formula is C54H37NO3. The Morgan fingerprint density at radius 3 is 1.67 bits per heavy atom. The van der Waals surface area contributed by atoms with Gasteiger partial charge in [0.05, 0.1) is 0 Å². The standard InChI is InChI=1S/C54H37NO3/c1-3-13-40(14-4-1)55(41-15-5-2-6-16-41)42-28-23-36(24-29-42)38-25-30-46-47-31-26-39(37-27-32-52-48(33-37)45-19-9-12-22-51(45)56-52)35-54(47)58-50-21-11-8-18-44(50)43-17-7-10-20-49(43)57-53(46)34-38/h1-23,25-36H,24H2. The SMILES string of the molecule is C1=CC(c2ccc3c(c2)Oc2ccccc2-c2ccccc2Oc2cc(-c4ccc5oc6ccccc6c5c4)ccc2-3)CC=C1N(c1ccccc1)c1ccccc1. The van der Waals surface area contributed by atoms with Crippen molar-refractivity contribution in [2.45, 2.75) is 12.3 Å². The highest BCUT2D eigenvalue weighted by atomic mass is 16.5. The van der Waals surface area contributed by atoms with Crippen molar-refractivity contribution in [2.24, 2.45) is 0 Å². The fourth-order valence-electron chi connectivity index (χ4n) is 8.41. The zero-order valence-electron chi connectivity index (χ0n) is 31.6. The molecule has 0 amide bonds. The summed E-state index contributed by atoms with van der Waals surface area (Å²) < 4.78 is 20.2. The summed E-state index contributed by atoms with van der Waals surface area (Å²) in [5, 5.41) is 2.20. The fraction of sp³-hybridized carbons (Fsp3) is 0.0370. The van der Waals surface area contributed by atoms with Crippen molar-refractivity contribution < 1.29 is 13.9 Å². The van der Waals surface area contributed by atoms with Gasteiger partial charge in [-0.15, -0.1) is 0 Å². The van der Waals surface area contributed by atoms with Crippen molar-refractivity contribution >= 4 is 33.3 Å². The number of benzene rings is 8. The molecule has 11 rings (SSSR count). The monoisotopic (exact) mass is 747 g/mol. The summed E-state index contributed by atoms with van der Waals surface area (Å²) >= 11 is 0. The van der Waals surface area contributed by atoms with Crippen LogP contribution in [0.25, 0.3) is 55.3 Å². The minimum absolute atomic E-state index is 0.171. The van der Waals surface area contributed by atoms with E-state index in [4.69, 9.17) is 13.9 Å². The van der Waals surface area contributed by atoms with E-state index < -0.39 is 0 Å². The maximum absolute atomic E-state index is 7.02. The molecule has 0 bridgehead atoms.